The molecule has 2 aromatic rings. The Bertz CT molecular complexity index is 879. The standard InChI is InChI=1S/C19H15F6NO4/c20-18(21,22)12-6-11(7-13(8-12)19(23,24)25)15(27)14(17(29)30)9-26-16(28)10-4-2-1-3-5-10/h1-8,14-15,27H,9H2,(H,26,28)(H,29,30). The van der Waals surface area contributed by atoms with Gasteiger partial charge in [-0.25, -0.2) is 0 Å². The van der Waals surface area contributed by atoms with Crippen LogP contribution in [0.15, 0.2) is 48.5 Å². The van der Waals surface area contributed by atoms with Gasteiger partial charge < -0.3 is 15.5 Å². The summed E-state index contributed by atoms with van der Waals surface area (Å²) in [7, 11) is 0. The molecule has 2 atom stereocenters. The molecule has 0 bridgehead atoms. The van der Waals surface area contributed by atoms with E-state index >= 15 is 0 Å². The van der Waals surface area contributed by atoms with Crippen LogP contribution in [0.5, 0.6) is 0 Å². The van der Waals surface area contributed by atoms with Gasteiger partial charge in [-0.2, -0.15) is 26.3 Å². The van der Waals surface area contributed by atoms with Crippen molar-refractivity contribution in [2.24, 2.45) is 5.92 Å². The smallest absolute Gasteiger partial charge is 0.416 e. The summed E-state index contributed by atoms with van der Waals surface area (Å²) in [5.74, 6) is -4.35. The van der Waals surface area contributed by atoms with E-state index in [1.807, 2.05) is 0 Å². The summed E-state index contributed by atoms with van der Waals surface area (Å²) in [6.45, 7) is -0.734. The molecule has 3 N–H and O–H groups in total. The monoisotopic (exact) mass is 435 g/mol. The largest absolute Gasteiger partial charge is 0.481 e. The maximum atomic E-state index is 13.0. The van der Waals surface area contributed by atoms with Gasteiger partial charge in [0.1, 0.15) is 5.92 Å². The Morgan fingerprint density at radius 2 is 1.40 bits per heavy atom. The molecule has 2 aromatic carbocycles. The number of halogens is 6. The number of aliphatic hydroxyl groups is 1. The molecule has 0 aliphatic heterocycles. The first kappa shape index (κ1) is 23.2. The Morgan fingerprint density at radius 3 is 1.83 bits per heavy atom. The third-order valence-corrected chi connectivity index (χ3v) is 4.17. The number of carboxylic acids is 1. The van der Waals surface area contributed by atoms with Gasteiger partial charge in [-0.1, -0.05) is 18.2 Å². The Hall–Kier alpha value is -3.08. The van der Waals surface area contributed by atoms with Crippen molar-refractivity contribution in [1.29, 1.82) is 0 Å². The first-order valence-corrected chi connectivity index (χ1v) is 8.34. The number of benzene rings is 2. The highest BCUT2D eigenvalue weighted by molar-refractivity contribution is 5.94. The molecule has 162 valence electrons. The van der Waals surface area contributed by atoms with E-state index in [4.69, 9.17) is 0 Å². The van der Waals surface area contributed by atoms with E-state index in [1.54, 1.807) is 6.07 Å². The molecule has 0 spiro atoms. The number of carbonyl (C=O) groups excluding carboxylic acids is 1. The van der Waals surface area contributed by atoms with E-state index in [2.05, 4.69) is 5.32 Å². The second-order valence-corrected chi connectivity index (χ2v) is 6.30. The Labute approximate surface area is 165 Å². The van der Waals surface area contributed by atoms with Gasteiger partial charge in [0.25, 0.3) is 5.91 Å². The van der Waals surface area contributed by atoms with Crippen molar-refractivity contribution in [2.45, 2.75) is 18.5 Å². The van der Waals surface area contributed by atoms with Gasteiger partial charge in [0.15, 0.2) is 0 Å². The highest BCUT2D eigenvalue weighted by atomic mass is 19.4. The first-order chi connectivity index (χ1) is 13.8. The molecule has 11 heteroatoms. The third kappa shape index (κ3) is 5.72. The highest BCUT2D eigenvalue weighted by Gasteiger charge is 2.39. The molecule has 1 amide bonds. The third-order valence-electron chi connectivity index (χ3n) is 4.17. The molecular formula is C19H15F6NO4. The zero-order valence-electron chi connectivity index (χ0n) is 15.0. The number of aliphatic hydroxyl groups excluding tert-OH is 1. The van der Waals surface area contributed by atoms with Gasteiger partial charge in [-0.3, -0.25) is 9.59 Å². The molecule has 2 unspecified atom stereocenters. The summed E-state index contributed by atoms with van der Waals surface area (Å²) in [6, 6.07) is 7.84. The number of hydrogen-bond donors (Lipinski definition) is 3. The minimum Gasteiger partial charge on any atom is -0.481 e. The van der Waals surface area contributed by atoms with Crippen LogP contribution in [-0.2, 0) is 17.1 Å². The number of aliphatic carboxylic acids is 1. The summed E-state index contributed by atoms with van der Waals surface area (Å²) in [5, 5.41) is 21.7. The fraction of sp³-hybridized carbons (Fsp3) is 0.263. The molecule has 0 aliphatic rings. The number of amides is 1. The van der Waals surface area contributed by atoms with Crippen LogP contribution in [0.3, 0.4) is 0 Å². The Balaban J connectivity index is 2.33. The van der Waals surface area contributed by atoms with Crippen molar-refractivity contribution in [1.82, 2.24) is 5.32 Å². The second kappa shape index (κ2) is 8.74. The molecule has 0 saturated carbocycles. The van der Waals surface area contributed by atoms with Gasteiger partial charge in [0, 0.05) is 12.1 Å². The van der Waals surface area contributed by atoms with Crippen molar-refractivity contribution in [3.05, 3.63) is 70.8 Å². The normalized spacial score (nSPS) is 14.1. The average Bonchev–Trinajstić information content (AvgIpc) is 2.66. The van der Waals surface area contributed by atoms with Gasteiger partial charge in [-0.05, 0) is 35.9 Å². The lowest BCUT2D eigenvalue weighted by Crippen LogP contribution is -2.36. The van der Waals surface area contributed by atoms with Gasteiger partial charge in [0.05, 0.1) is 17.2 Å². The predicted molar refractivity (Wildman–Crippen MR) is 91.3 cm³/mol. The minimum absolute atomic E-state index is 0.136. The second-order valence-electron chi connectivity index (χ2n) is 6.30. The molecule has 0 heterocycles. The molecule has 5 nitrogen and oxygen atoms in total. The van der Waals surface area contributed by atoms with Gasteiger partial charge in [-0.15, -0.1) is 0 Å². The van der Waals surface area contributed by atoms with Crippen LogP contribution in [0.1, 0.15) is 33.2 Å². The van der Waals surface area contributed by atoms with Gasteiger partial charge >= 0.3 is 18.3 Å². The zero-order chi connectivity index (χ0) is 22.7. The number of hydrogen-bond acceptors (Lipinski definition) is 3. The van der Waals surface area contributed by atoms with Crippen molar-refractivity contribution < 1.29 is 46.1 Å². The van der Waals surface area contributed by atoms with Crippen LogP contribution in [0.2, 0.25) is 0 Å². The van der Waals surface area contributed by atoms with Crippen molar-refractivity contribution in [3.63, 3.8) is 0 Å². The molecular weight excluding hydrogens is 420 g/mol. The van der Waals surface area contributed by atoms with E-state index in [-0.39, 0.29) is 23.8 Å². The number of carbonyl (C=O) groups is 2. The van der Waals surface area contributed by atoms with Crippen LogP contribution in [0, 0.1) is 5.92 Å². The fourth-order valence-corrected chi connectivity index (χ4v) is 2.61. The van der Waals surface area contributed by atoms with Crippen LogP contribution in [0.4, 0.5) is 26.3 Å². The molecule has 0 saturated heterocycles. The molecule has 30 heavy (non-hydrogen) atoms. The van der Waals surface area contributed by atoms with E-state index in [9.17, 15) is 46.1 Å². The molecule has 0 fully saturated rings. The van der Waals surface area contributed by atoms with Crippen molar-refractivity contribution in [2.75, 3.05) is 6.54 Å². The molecule has 0 radical (unpaired) electrons. The SMILES string of the molecule is O=C(NCC(C(=O)O)C(O)c1cc(C(F)(F)F)cc(C(F)(F)F)c1)c1ccccc1. The fourth-order valence-electron chi connectivity index (χ4n) is 2.61. The first-order valence-electron chi connectivity index (χ1n) is 8.34. The summed E-state index contributed by atoms with van der Waals surface area (Å²) < 4.78 is 77.9. The lowest BCUT2D eigenvalue weighted by Gasteiger charge is -2.22. The van der Waals surface area contributed by atoms with Crippen LogP contribution >= 0.6 is 0 Å². The number of nitrogens with one attached hydrogen (secondary N) is 1. The number of carboxylic acid groups (broad SMARTS) is 1. The molecule has 0 aromatic heterocycles. The number of rotatable bonds is 6. The van der Waals surface area contributed by atoms with Crippen LogP contribution < -0.4 is 5.32 Å². The van der Waals surface area contributed by atoms with E-state index in [1.165, 1.54) is 24.3 Å². The Kier molecular flexibility index (Phi) is 6.76. The van der Waals surface area contributed by atoms with E-state index in [0.717, 1.165) is 0 Å². The van der Waals surface area contributed by atoms with Crippen molar-refractivity contribution in [3.8, 4) is 0 Å². The van der Waals surface area contributed by atoms with E-state index < -0.39 is 59.5 Å². The summed E-state index contributed by atoms with van der Waals surface area (Å²) in [5.41, 5.74) is -4.12. The number of alkyl halides is 6. The van der Waals surface area contributed by atoms with Crippen molar-refractivity contribution >= 4 is 11.9 Å². The minimum atomic E-state index is -5.16. The maximum absolute atomic E-state index is 13.0. The Morgan fingerprint density at radius 1 is 0.900 bits per heavy atom. The summed E-state index contributed by atoms with van der Waals surface area (Å²) in [6.07, 6.45) is -12.6. The highest BCUT2D eigenvalue weighted by Crippen LogP contribution is 2.38. The molecule has 0 aliphatic carbocycles. The quantitative estimate of drug-likeness (QED) is 0.601. The van der Waals surface area contributed by atoms with Crippen LogP contribution in [0.25, 0.3) is 0 Å². The summed E-state index contributed by atoms with van der Waals surface area (Å²) in [4.78, 5) is 23.5. The lowest BCUT2D eigenvalue weighted by atomic mass is 9.92. The summed E-state index contributed by atoms with van der Waals surface area (Å²) >= 11 is 0. The molecule has 2 rings (SSSR count). The zero-order valence-corrected chi connectivity index (χ0v) is 15.0. The lowest BCUT2D eigenvalue weighted by molar-refractivity contribution is -0.145. The van der Waals surface area contributed by atoms with E-state index in [0.29, 0.717) is 0 Å². The maximum Gasteiger partial charge on any atom is 0.416 e. The predicted octanol–water partition coefficient (Wildman–Crippen LogP) is 3.89. The van der Waals surface area contributed by atoms with Gasteiger partial charge in [0.2, 0.25) is 0 Å². The topological polar surface area (TPSA) is 86.6 Å². The van der Waals surface area contributed by atoms with Crippen LogP contribution in [-0.4, -0.2) is 28.6 Å². The average molecular weight is 435 g/mol.